The maximum atomic E-state index is 6.68. The number of hydrogen-bond donors (Lipinski definition) is 0. The van der Waals surface area contributed by atoms with E-state index in [4.69, 9.17) is 13.3 Å². The van der Waals surface area contributed by atoms with Crippen LogP contribution in [-0.4, -0.2) is 0 Å². The number of para-hydroxylation sites is 2. The first-order chi connectivity index (χ1) is 27.0. The summed E-state index contributed by atoms with van der Waals surface area (Å²) in [5, 5.41) is 6.34. The zero-order valence-corrected chi connectivity index (χ0v) is 30.3. The van der Waals surface area contributed by atoms with Crippen molar-refractivity contribution in [3.63, 3.8) is 0 Å². The Morgan fingerprint density at radius 1 is 0.382 bits per heavy atom. The third kappa shape index (κ3) is 4.34. The zero-order valence-electron chi connectivity index (χ0n) is 30.3. The lowest BCUT2D eigenvalue weighted by Gasteiger charge is -2.28. The van der Waals surface area contributed by atoms with Gasteiger partial charge in [-0.25, -0.2) is 0 Å². The second kappa shape index (κ2) is 11.0. The summed E-state index contributed by atoms with van der Waals surface area (Å²) >= 11 is 0. The minimum absolute atomic E-state index is 0.149. The maximum Gasteiger partial charge on any atom is 0.159 e. The van der Waals surface area contributed by atoms with E-state index in [0.29, 0.717) is 0 Å². The van der Waals surface area contributed by atoms with Crippen LogP contribution < -0.4 is 4.90 Å². The van der Waals surface area contributed by atoms with Gasteiger partial charge in [0.05, 0.1) is 5.69 Å². The molecule has 0 saturated carbocycles. The first-order valence-electron chi connectivity index (χ1n) is 18.8. The van der Waals surface area contributed by atoms with Crippen LogP contribution in [0.5, 0.6) is 0 Å². The number of benzene rings is 8. The van der Waals surface area contributed by atoms with Crippen LogP contribution in [0.4, 0.5) is 17.1 Å². The largest absolute Gasteiger partial charge is 0.456 e. The second-order valence-corrected chi connectivity index (χ2v) is 15.3. The highest BCUT2D eigenvalue weighted by atomic mass is 16.3. The van der Waals surface area contributed by atoms with Crippen molar-refractivity contribution in [3.8, 4) is 22.3 Å². The van der Waals surface area contributed by atoms with Crippen LogP contribution in [0, 0.1) is 0 Å². The van der Waals surface area contributed by atoms with Gasteiger partial charge in [-0.2, -0.15) is 0 Å². The van der Waals surface area contributed by atoms with Crippen LogP contribution in [0.1, 0.15) is 25.0 Å². The number of fused-ring (bicyclic) bond motifs is 12. The molecule has 0 saturated heterocycles. The first-order valence-corrected chi connectivity index (χ1v) is 18.8. The molecule has 0 unspecified atom stereocenters. The Labute approximate surface area is 316 Å². The molecular formula is C51H33NO3. The van der Waals surface area contributed by atoms with Gasteiger partial charge in [-0.3, -0.25) is 0 Å². The van der Waals surface area contributed by atoms with Gasteiger partial charge in [-0.15, -0.1) is 0 Å². The van der Waals surface area contributed by atoms with Crippen molar-refractivity contribution >= 4 is 82.9 Å². The molecule has 0 amide bonds. The third-order valence-electron chi connectivity index (χ3n) is 11.9. The smallest absolute Gasteiger partial charge is 0.159 e. The summed E-state index contributed by atoms with van der Waals surface area (Å²) in [4.78, 5) is 2.34. The van der Waals surface area contributed by atoms with E-state index in [-0.39, 0.29) is 5.41 Å². The van der Waals surface area contributed by atoms with Gasteiger partial charge in [-0.1, -0.05) is 111 Å². The molecule has 4 heteroatoms. The Morgan fingerprint density at radius 3 is 1.84 bits per heavy atom. The minimum atomic E-state index is -0.149. The summed E-state index contributed by atoms with van der Waals surface area (Å²) in [6, 6.07) is 58.1. The highest BCUT2D eigenvalue weighted by Crippen LogP contribution is 2.52. The highest BCUT2D eigenvalue weighted by Gasteiger charge is 2.36. The van der Waals surface area contributed by atoms with Gasteiger partial charge in [0.1, 0.15) is 27.9 Å². The van der Waals surface area contributed by atoms with Gasteiger partial charge in [0.2, 0.25) is 0 Å². The number of anilines is 3. The molecule has 0 N–H and O–H groups in total. The molecule has 0 aliphatic heterocycles. The summed E-state index contributed by atoms with van der Waals surface area (Å²) in [7, 11) is 0. The van der Waals surface area contributed by atoms with Gasteiger partial charge in [0.15, 0.2) is 5.58 Å². The van der Waals surface area contributed by atoms with E-state index in [0.717, 1.165) is 88.4 Å². The topological polar surface area (TPSA) is 42.7 Å². The molecule has 12 rings (SSSR count). The van der Waals surface area contributed by atoms with E-state index in [9.17, 15) is 0 Å². The maximum absolute atomic E-state index is 6.68. The fourth-order valence-electron chi connectivity index (χ4n) is 9.15. The predicted octanol–water partition coefficient (Wildman–Crippen LogP) is 14.8. The lowest BCUT2D eigenvalue weighted by molar-refractivity contribution is 0.660. The average Bonchev–Trinajstić information content (AvgIpc) is 3.95. The van der Waals surface area contributed by atoms with Crippen LogP contribution in [-0.2, 0) is 5.41 Å². The molecule has 260 valence electrons. The Hall–Kier alpha value is -7.04. The Balaban J connectivity index is 1.07. The lowest BCUT2D eigenvalue weighted by Crippen LogP contribution is -2.16. The van der Waals surface area contributed by atoms with Crippen molar-refractivity contribution in [1.29, 1.82) is 0 Å². The monoisotopic (exact) mass is 707 g/mol. The molecule has 3 aromatic heterocycles. The first kappa shape index (κ1) is 30.4. The Kier molecular flexibility index (Phi) is 6.09. The highest BCUT2D eigenvalue weighted by molar-refractivity contribution is 6.16. The van der Waals surface area contributed by atoms with Crippen molar-refractivity contribution in [2.24, 2.45) is 0 Å². The Morgan fingerprint density at radius 2 is 1.00 bits per heavy atom. The molecular weight excluding hydrogens is 675 g/mol. The van der Waals surface area contributed by atoms with Crippen molar-refractivity contribution in [2.75, 3.05) is 4.90 Å². The second-order valence-electron chi connectivity index (χ2n) is 15.3. The average molecular weight is 708 g/mol. The molecule has 0 radical (unpaired) electrons. The summed E-state index contributed by atoms with van der Waals surface area (Å²) in [6.07, 6.45) is 0. The van der Waals surface area contributed by atoms with Crippen molar-refractivity contribution in [1.82, 2.24) is 0 Å². The molecule has 0 spiro atoms. The number of rotatable bonds is 4. The van der Waals surface area contributed by atoms with Crippen LogP contribution in [0.2, 0.25) is 0 Å². The van der Waals surface area contributed by atoms with E-state index in [1.54, 1.807) is 0 Å². The van der Waals surface area contributed by atoms with Crippen molar-refractivity contribution in [2.45, 2.75) is 19.3 Å². The minimum Gasteiger partial charge on any atom is -0.456 e. The van der Waals surface area contributed by atoms with Crippen molar-refractivity contribution in [3.05, 3.63) is 175 Å². The van der Waals surface area contributed by atoms with Crippen LogP contribution >= 0.6 is 0 Å². The summed E-state index contributed by atoms with van der Waals surface area (Å²) in [5.41, 5.74) is 15.6. The van der Waals surface area contributed by atoms with Gasteiger partial charge in [-0.05, 0) is 100 Å². The molecule has 8 aromatic carbocycles. The van der Waals surface area contributed by atoms with E-state index < -0.39 is 0 Å². The normalized spacial score (nSPS) is 13.4. The molecule has 3 heterocycles. The summed E-state index contributed by atoms with van der Waals surface area (Å²) < 4.78 is 19.8. The molecule has 0 atom stereocenters. The summed E-state index contributed by atoms with van der Waals surface area (Å²) in [6.45, 7) is 4.66. The van der Waals surface area contributed by atoms with E-state index >= 15 is 0 Å². The van der Waals surface area contributed by atoms with Gasteiger partial charge in [0.25, 0.3) is 0 Å². The Bertz CT molecular complexity index is 3360. The fraction of sp³-hybridized carbons (Fsp3) is 0.0588. The predicted molar refractivity (Wildman–Crippen MR) is 226 cm³/mol. The van der Waals surface area contributed by atoms with Crippen LogP contribution in [0.15, 0.2) is 177 Å². The third-order valence-corrected chi connectivity index (χ3v) is 11.9. The molecule has 11 aromatic rings. The lowest BCUT2D eigenvalue weighted by atomic mass is 9.82. The van der Waals surface area contributed by atoms with Gasteiger partial charge in [0, 0.05) is 49.1 Å². The van der Waals surface area contributed by atoms with Crippen molar-refractivity contribution < 1.29 is 13.3 Å². The van der Waals surface area contributed by atoms with Crippen LogP contribution in [0.25, 0.3) is 88.1 Å². The molecule has 1 aliphatic carbocycles. The fourth-order valence-corrected chi connectivity index (χ4v) is 9.15. The number of hydrogen-bond acceptors (Lipinski definition) is 4. The molecule has 1 aliphatic rings. The van der Waals surface area contributed by atoms with E-state index in [2.05, 4.69) is 164 Å². The molecule has 4 nitrogen and oxygen atoms in total. The van der Waals surface area contributed by atoms with Crippen LogP contribution in [0.3, 0.4) is 0 Å². The van der Waals surface area contributed by atoms with Gasteiger partial charge >= 0.3 is 0 Å². The summed E-state index contributed by atoms with van der Waals surface area (Å²) in [5.74, 6) is 0. The van der Waals surface area contributed by atoms with E-state index in [1.165, 1.54) is 27.8 Å². The number of furan rings is 3. The van der Waals surface area contributed by atoms with E-state index in [1.807, 2.05) is 18.2 Å². The number of nitrogens with zero attached hydrogens (tertiary/aromatic N) is 1. The standard InChI is InChI=1S/C51H33NO3/c1-51(2)42-16-8-6-13-34(42)35-22-20-33(27-43(35)51)52(44-17-10-15-37-36-14-7-9-18-45(36)55-50(37)44)32-21-24-47-39(26-32)41-29-48-40(28-49(41)54-47)38-25-31(19-23-46(38)53-48)30-11-4-3-5-12-30/h3-29H,1-2H3. The SMILES string of the molecule is CC1(C)c2ccccc2-c2ccc(N(c3ccc4oc5cc6c(cc5c4c3)oc3ccc(-c4ccccc4)cc36)c3cccc4c3oc3ccccc34)cc21. The van der Waals surface area contributed by atoms with Gasteiger partial charge < -0.3 is 18.2 Å². The quantitative estimate of drug-likeness (QED) is 0.183. The molecule has 55 heavy (non-hydrogen) atoms. The zero-order chi connectivity index (χ0) is 36.4. The molecule has 0 fully saturated rings. The molecule has 0 bridgehead atoms.